The molecule has 1 aliphatic rings. The molecule has 0 atom stereocenters. The first-order chi connectivity index (χ1) is 7.80. The molecule has 0 saturated heterocycles. The zero-order valence-corrected chi connectivity index (χ0v) is 8.69. The summed E-state index contributed by atoms with van der Waals surface area (Å²) in [5.74, 6) is 0. The van der Waals surface area contributed by atoms with Crippen LogP contribution in [-0.2, 0) is 4.74 Å². The minimum Gasteiger partial charge on any atom is -0.480 e. The number of carbonyl (C=O) groups is 1. The Bertz CT molecular complexity index is 308. The average Bonchev–Trinajstić information content (AvgIpc) is 2.28. The van der Waals surface area contributed by atoms with Crippen molar-refractivity contribution in [1.29, 1.82) is 0 Å². The van der Waals surface area contributed by atoms with Crippen molar-refractivity contribution in [1.82, 2.24) is 4.90 Å². The van der Waals surface area contributed by atoms with Crippen LogP contribution >= 0.6 is 0 Å². The van der Waals surface area contributed by atoms with Gasteiger partial charge in [-0.25, -0.2) is 4.79 Å². The van der Waals surface area contributed by atoms with E-state index in [4.69, 9.17) is 9.84 Å². The van der Waals surface area contributed by atoms with Crippen LogP contribution in [0.3, 0.4) is 0 Å². The number of carboxylic acid groups (broad SMARTS) is 1. The van der Waals surface area contributed by atoms with Gasteiger partial charge in [-0.2, -0.15) is 0 Å². The van der Waals surface area contributed by atoms with Crippen LogP contribution in [0, 0.1) is 0 Å². The van der Waals surface area contributed by atoms with Gasteiger partial charge in [-0.05, 0) is 6.08 Å². The maximum Gasteiger partial charge on any atom is 0.409 e. The predicted molar refractivity (Wildman–Crippen MR) is 60.6 cm³/mol. The number of aliphatic imine (C=N–C) groups is 2. The quantitative estimate of drug-likeness (QED) is 0.675. The molecular weight excluding hydrogens is 210 g/mol. The largest absolute Gasteiger partial charge is 0.480 e. The maximum absolute atomic E-state index is 10.8. The molecule has 0 aromatic heterocycles. The molecule has 16 heavy (non-hydrogen) atoms. The Morgan fingerprint density at radius 3 is 3.00 bits per heavy atom. The molecular formula is C10H13N3O3. The van der Waals surface area contributed by atoms with Crippen LogP contribution < -0.4 is 0 Å². The number of hydrogen-bond acceptors (Lipinski definition) is 4. The lowest BCUT2D eigenvalue weighted by molar-refractivity contribution is 0.0806. The second kappa shape index (κ2) is 7.22. The standard InChI is InChI=1S/C10H13N3O3/c14-10(15)13-7-1-3-11-5-6-12-4-2-8-16-9-13/h2-6,8H,1,7,9H2,(H,14,15). The highest BCUT2D eigenvalue weighted by atomic mass is 16.5. The SMILES string of the molecule is O=C(O)N1CCC=NC=CN=CC=COC1. The lowest BCUT2D eigenvalue weighted by Gasteiger charge is -2.16. The molecule has 0 saturated carbocycles. The summed E-state index contributed by atoms with van der Waals surface area (Å²) >= 11 is 0. The van der Waals surface area contributed by atoms with Crippen molar-refractivity contribution in [2.75, 3.05) is 13.3 Å². The van der Waals surface area contributed by atoms with Crippen LogP contribution in [0.1, 0.15) is 6.42 Å². The van der Waals surface area contributed by atoms with Crippen LogP contribution in [0.15, 0.2) is 34.7 Å². The van der Waals surface area contributed by atoms with E-state index in [-0.39, 0.29) is 6.73 Å². The average molecular weight is 223 g/mol. The fourth-order valence-electron chi connectivity index (χ4n) is 0.964. The van der Waals surface area contributed by atoms with Crippen molar-refractivity contribution < 1.29 is 14.6 Å². The molecule has 86 valence electrons. The van der Waals surface area contributed by atoms with Gasteiger partial charge in [0.25, 0.3) is 0 Å². The predicted octanol–water partition coefficient (Wildman–Crippen LogP) is 1.47. The van der Waals surface area contributed by atoms with E-state index >= 15 is 0 Å². The molecule has 0 radical (unpaired) electrons. The first-order valence-electron chi connectivity index (χ1n) is 4.75. The minimum atomic E-state index is -1.01. The van der Waals surface area contributed by atoms with Gasteiger partial charge in [-0.15, -0.1) is 0 Å². The lowest BCUT2D eigenvalue weighted by atomic mass is 10.4. The molecule has 6 heteroatoms. The smallest absolute Gasteiger partial charge is 0.409 e. The topological polar surface area (TPSA) is 74.5 Å². The number of allylic oxidation sites excluding steroid dienone is 1. The molecule has 0 fully saturated rings. The minimum absolute atomic E-state index is 0.000934. The summed E-state index contributed by atoms with van der Waals surface area (Å²) < 4.78 is 5.03. The maximum atomic E-state index is 10.8. The summed E-state index contributed by atoms with van der Waals surface area (Å²) in [7, 11) is 0. The van der Waals surface area contributed by atoms with Gasteiger partial charge in [-0.3, -0.25) is 14.9 Å². The van der Waals surface area contributed by atoms with Gasteiger partial charge in [0, 0.05) is 37.8 Å². The van der Waals surface area contributed by atoms with Crippen LogP contribution in [0.2, 0.25) is 0 Å². The normalized spacial score (nSPS) is 17.1. The van der Waals surface area contributed by atoms with Crippen LogP contribution in [0.4, 0.5) is 4.79 Å². The highest BCUT2D eigenvalue weighted by Crippen LogP contribution is 1.94. The van der Waals surface area contributed by atoms with Crippen LogP contribution in [0.25, 0.3) is 0 Å². The highest BCUT2D eigenvalue weighted by Gasteiger charge is 2.09. The Balaban J connectivity index is 2.59. The molecule has 0 aromatic rings. The third kappa shape index (κ3) is 4.94. The third-order valence-corrected chi connectivity index (χ3v) is 1.72. The van der Waals surface area contributed by atoms with Gasteiger partial charge in [0.15, 0.2) is 6.73 Å². The lowest BCUT2D eigenvalue weighted by Crippen LogP contribution is -2.32. The van der Waals surface area contributed by atoms with Crippen molar-refractivity contribution >= 4 is 18.5 Å². The Morgan fingerprint density at radius 1 is 1.38 bits per heavy atom. The zero-order chi connectivity index (χ0) is 11.6. The summed E-state index contributed by atoms with van der Waals surface area (Å²) in [6, 6.07) is 0. The van der Waals surface area contributed by atoms with Crippen molar-refractivity contribution in [3.05, 3.63) is 24.7 Å². The van der Waals surface area contributed by atoms with Crippen molar-refractivity contribution in [3.8, 4) is 0 Å². The summed E-state index contributed by atoms with van der Waals surface area (Å²) in [6.45, 7) is 0.350. The molecule has 0 unspecified atom stereocenters. The Morgan fingerprint density at radius 2 is 2.19 bits per heavy atom. The van der Waals surface area contributed by atoms with E-state index in [0.29, 0.717) is 13.0 Å². The molecule has 1 N–H and O–H groups in total. The van der Waals surface area contributed by atoms with Gasteiger partial charge in [0.2, 0.25) is 0 Å². The second-order valence-electron chi connectivity index (χ2n) is 2.89. The first-order valence-corrected chi connectivity index (χ1v) is 4.75. The van der Waals surface area contributed by atoms with E-state index in [0.717, 1.165) is 4.90 Å². The van der Waals surface area contributed by atoms with Crippen molar-refractivity contribution in [2.24, 2.45) is 9.98 Å². The summed E-state index contributed by atoms with van der Waals surface area (Å²) in [5, 5.41) is 8.84. The number of hydrogen-bond donors (Lipinski definition) is 1. The van der Waals surface area contributed by atoms with Gasteiger partial charge in [-0.1, -0.05) is 0 Å². The molecule has 0 spiro atoms. The molecule has 0 bridgehead atoms. The van der Waals surface area contributed by atoms with Crippen LogP contribution in [0.5, 0.6) is 0 Å². The van der Waals surface area contributed by atoms with Gasteiger partial charge >= 0.3 is 6.09 Å². The van der Waals surface area contributed by atoms with Crippen molar-refractivity contribution in [2.45, 2.75) is 6.42 Å². The van der Waals surface area contributed by atoms with E-state index < -0.39 is 6.09 Å². The number of rotatable bonds is 0. The molecule has 1 heterocycles. The molecule has 1 aliphatic heterocycles. The van der Waals surface area contributed by atoms with Gasteiger partial charge in [0.05, 0.1) is 6.26 Å². The molecule has 1 rings (SSSR count). The first kappa shape index (κ1) is 12.0. The number of amides is 1. The Labute approximate surface area is 93.3 Å². The van der Waals surface area contributed by atoms with Crippen LogP contribution in [-0.4, -0.2) is 41.8 Å². The summed E-state index contributed by atoms with van der Waals surface area (Å²) in [5.41, 5.74) is 0. The molecule has 1 amide bonds. The fourth-order valence-corrected chi connectivity index (χ4v) is 0.964. The van der Waals surface area contributed by atoms with Crippen molar-refractivity contribution in [3.63, 3.8) is 0 Å². The third-order valence-electron chi connectivity index (χ3n) is 1.72. The van der Waals surface area contributed by atoms with Gasteiger partial charge < -0.3 is 9.84 Å². The molecule has 0 aliphatic carbocycles. The fraction of sp³-hybridized carbons (Fsp3) is 0.300. The monoisotopic (exact) mass is 223 g/mol. The zero-order valence-electron chi connectivity index (χ0n) is 8.69. The van der Waals surface area contributed by atoms with E-state index in [1.807, 2.05) is 0 Å². The Hall–Kier alpha value is -2.11. The van der Waals surface area contributed by atoms with E-state index in [9.17, 15) is 4.79 Å². The highest BCUT2D eigenvalue weighted by molar-refractivity contribution is 5.71. The van der Waals surface area contributed by atoms with E-state index in [1.54, 1.807) is 12.3 Å². The van der Waals surface area contributed by atoms with E-state index in [1.165, 1.54) is 24.9 Å². The molecule has 0 aromatic carbocycles. The summed E-state index contributed by atoms with van der Waals surface area (Å²) in [4.78, 5) is 19.7. The summed E-state index contributed by atoms with van der Waals surface area (Å²) in [6.07, 6.45) is 8.72. The van der Waals surface area contributed by atoms with Gasteiger partial charge in [0.1, 0.15) is 0 Å². The number of nitrogens with zero attached hydrogens (tertiary/aromatic N) is 3. The number of ether oxygens (including phenoxy) is 1. The Kier molecular flexibility index (Phi) is 5.40. The van der Waals surface area contributed by atoms with E-state index in [2.05, 4.69) is 9.98 Å². The second-order valence-corrected chi connectivity index (χ2v) is 2.89. The molecule has 6 nitrogen and oxygen atoms in total.